The van der Waals surface area contributed by atoms with Gasteiger partial charge in [0.25, 0.3) is 0 Å². The van der Waals surface area contributed by atoms with E-state index in [1.807, 2.05) is 6.07 Å². The number of hydrogen-bond donors (Lipinski definition) is 3. The van der Waals surface area contributed by atoms with Gasteiger partial charge in [-0.25, -0.2) is 0 Å². The van der Waals surface area contributed by atoms with Crippen LogP contribution in [0, 0.1) is 0 Å². The maximum Gasteiger partial charge on any atom is 0.216 e. The lowest BCUT2D eigenvalue weighted by Gasteiger charge is -2.14. The van der Waals surface area contributed by atoms with Crippen molar-refractivity contribution in [2.24, 2.45) is 0 Å². The number of rotatable bonds is 3. The van der Waals surface area contributed by atoms with Crippen molar-refractivity contribution in [2.75, 3.05) is 12.3 Å². The Balaban J connectivity index is 0.00000162. The second kappa shape index (κ2) is 5.96. The van der Waals surface area contributed by atoms with E-state index in [1.54, 1.807) is 6.07 Å². The van der Waals surface area contributed by atoms with Crippen LogP contribution in [0.25, 0.3) is 0 Å². The molecule has 0 aromatic heterocycles. The molecule has 0 fully saturated rings. The molecule has 5 heteroatoms. The fraction of sp³-hybridized carbons (Fsp3) is 0.462. The van der Waals surface area contributed by atoms with Crippen LogP contribution in [0.15, 0.2) is 12.1 Å². The first-order valence-corrected chi connectivity index (χ1v) is 5.94. The number of carbonyl (C=O) groups is 1. The van der Waals surface area contributed by atoms with Gasteiger partial charge in [-0.2, -0.15) is 0 Å². The van der Waals surface area contributed by atoms with E-state index >= 15 is 0 Å². The number of phenols is 1. The minimum Gasteiger partial charge on any atom is -0.505 e. The van der Waals surface area contributed by atoms with Crippen LogP contribution >= 0.6 is 12.4 Å². The topological polar surface area (TPSA) is 75.4 Å². The summed E-state index contributed by atoms with van der Waals surface area (Å²) in [6, 6.07) is 3.74. The Hall–Kier alpha value is -1.42. The Morgan fingerprint density at radius 1 is 1.56 bits per heavy atom. The highest BCUT2D eigenvalue weighted by Crippen LogP contribution is 2.43. The Morgan fingerprint density at radius 2 is 2.28 bits per heavy atom. The Bertz CT molecular complexity index is 449. The highest BCUT2D eigenvalue weighted by molar-refractivity contribution is 5.85. The molecular weight excluding hydrogens is 252 g/mol. The van der Waals surface area contributed by atoms with Crippen LogP contribution in [0.5, 0.6) is 5.75 Å². The average Bonchev–Trinajstić information content (AvgIpc) is 2.67. The predicted octanol–water partition coefficient (Wildman–Crippen LogP) is 1.95. The van der Waals surface area contributed by atoms with Crippen molar-refractivity contribution in [3.63, 3.8) is 0 Å². The lowest BCUT2D eigenvalue weighted by Crippen LogP contribution is -2.22. The zero-order valence-corrected chi connectivity index (χ0v) is 11.2. The van der Waals surface area contributed by atoms with Gasteiger partial charge in [-0.1, -0.05) is 6.07 Å². The molecule has 1 aromatic carbocycles. The summed E-state index contributed by atoms with van der Waals surface area (Å²) in [5.74, 6) is 0.521. The number of anilines is 1. The van der Waals surface area contributed by atoms with E-state index in [4.69, 9.17) is 5.73 Å². The normalized spacial score (nSPS) is 16.8. The number of benzene rings is 1. The van der Waals surface area contributed by atoms with E-state index in [-0.39, 0.29) is 24.1 Å². The molecule has 4 nitrogen and oxygen atoms in total. The van der Waals surface area contributed by atoms with Crippen molar-refractivity contribution in [2.45, 2.75) is 32.1 Å². The molecule has 0 saturated carbocycles. The number of fused-ring (bicyclic) bond motifs is 1. The molecule has 2 rings (SSSR count). The summed E-state index contributed by atoms with van der Waals surface area (Å²) in [5, 5.41) is 12.8. The lowest BCUT2D eigenvalue weighted by atomic mass is 9.96. The number of phenolic OH excluding ortho intramolecular Hbond substituents is 1. The number of aromatic hydroxyl groups is 1. The Morgan fingerprint density at radius 3 is 2.94 bits per heavy atom. The smallest absolute Gasteiger partial charge is 0.216 e. The minimum atomic E-state index is -0.0139. The van der Waals surface area contributed by atoms with Gasteiger partial charge in [-0.05, 0) is 36.8 Å². The highest BCUT2D eigenvalue weighted by Gasteiger charge is 2.26. The summed E-state index contributed by atoms with van der Waals surface area (Å²) in [5.41, 5.74) is 8.32. The van der Waals surface area contributed by atoms with Gasteiger partial charge < -0.3 is 16.2 Å². The van der Waals surface area contributed by atoms with Crippen LogP contribution in [-0.2, 0) is 11.2 Å². The molecule has 1 unspecified atom stereocenters. The third-order valence-electron chi connectivity index (χ3n) is 3.38. The van der Waals surface area contributed by atoms with Crippen LogP contribution in [-0.4, -0.2) is 17.6 Å². The van der Waals surface area contributed by atoms with Crippen LogP contribution in [0.2, 0.25) is 0 Å². The third-order valence-corrected chi connectivity index (χ3v) is 3.38. The lowest BCUT2D eigenvalue weighted by molar-refractivity contribution is -0.118. The van der Waals surface area contributed by atoms with E-state index in [2.05, 4.69) is 5.32 Å². The highest BCUT2D eigenvalue weighted by atomic mass is 35.5. The minimum absolute atomic E-state index is 0. The summed E-state index contributed by atoms with van der Waals surface area (Å²) >= 11 is 0. The van der Waals surface area contributed by atoms with Gasteiger partial charge in [0, 0.05) is 19.0 Å². The van der Waals surface area contributed by atoms with Crippen molar-refractivity contribution >= 4 is 24.0 Å². The maximum absolute atomic E-state index is 10.8. The number of halogens is 1. The Labute approximate surface area is 113 Å². The standard InChI is InChI=1S/C13H18N2O2.ClH/c1-8(16)15-7-6-10-3-2-9-4-5-11(14)13(17)12(9)10;/h4-5,10,17H,2-3,6-7,14H2,1H3,(H,15,16);1H. The van der Waals surface area contributed by atoms with E-state index in [0.717, 1.165) is 24.8 Å². The molecule has 100 valence electrons. The monoisotopic (exact) mass is 270 g/mol. The van der Waals surface area contributed by atoms with Crippen molar-refractivity contribution in [1.82, 2.24) is 5.32 Å². The predicted molar refractivity (Wildman–Crippen MR) is 74.1 cm³/mol. The molecule has 4 N–H and O–H groups in total. The van der Waals surface area contributed by atoms with Crippen molar-refractivity contribution in [3.8, 4) is 5.75 Å². The molecule has 1 aliphatic carbocycles. The summed E-state index contributed by atoms with van der Waals surface area (Å²) < 4.78 is 0. The number of carbonyl (C=O) groups excluding carboxylic acids is 1. The molecule has 1 amide bonds. The third kappa shape index (κ3) is 2.88. The van der Waals surface area contributed by atoms with E-state index in [0.29, 0.717) is 18.2 Å². The van der Waals surface area contributed by atoms with Crippen LogP contribution in [0.3, 0.4) is 0 Å². The molecule has 18 heavy (non-hydrogen) atoms. The number of amides is 1. The second-order valence-corrected chi connectivity index (χ2v) is 4.58. The first-order chi connectivity index (χ1) is 8.09. The summed E-state index contributed by atoms with van der Waals surface area (Å²) in [6.07, 6.45) is 2.85. The first-order valence-electron chi connectivity index (χ1n) is 5.94. The SMILES string of the molecule is CC(=O)NCCC1CCc2ccc(N)c(O)c21.Cl. The molecular formula is C13H19ClN2O2. The summed E-state index contributed by atoms with van der Waals surface area (Å²) in [4.78, 5) is 10.8. The van der Waals surface area contributed by atoms with Gasteiger partial charge in [0.15, 0.2) is 0 Å². The Kier molecular flexibility index (Phi) is 4.84. The van der Waals surface area contributed by atoms with Gasteiger partial charge in [0.1, 0.15) is 5.75 Å². The van der Waals surface area contributed by atoms with Crippen molar-refractivity contribution in [3.05, 3.63) is 23.3 Å². The molecule has 0 heterocycles. The zero-order valence-electron chi connectivity index (χ0n) is 10.4. The zero-order chi connectivity index (χ0) is 12.4. The van der Waals surface area contributed by atoms with Gasteiger partial charge in [0.2, 0.25) is 5.91 Å². The molecule has 0 bridgehead atoms. The van der Waals surface area contributed by atoms with Crippen LogP contribution in [0.1, 0.15) is 36.8 Å². The molecule has 1 aromatic rings. The quantitative estimate of drug-likeness (QED) is 0.580. The van der Waals surface area contributed by atoms with E-state index in [9.17, 15) is 9.90 Å². The van der Waals surface area contributed by atoms with Crippen LogP contribution < -0.4 is 11.1 Å². The average molecular weight is 271 g/mol. The molecule has 0 aliphatic heterocycles. The fourth-order valence-electron chi connectivity index (χ4n) is 2.53. The maximum atomic E-state index is 10.8. The van der Waals surface area contributed by atoms with E-state index in [1.165, 1.54) is 12.5 Å². The largest absolute Gasteiger partial charge is 0.505 e. The number of aryl methyl sites for hydroxylation is 1. The second-order valence-electron chi connectivity index (χ2n) is 4.58. The molecule has 0 radical (unpaired) electrons. The van der Waals surface area contributed by atoms with Gasteiger partial charge in [-0.15, -0.1) is 12.4 Å². The molecule has 1 aliphatic rings. The first kappa shape index (κ1) is 14.6. The molecule has 1 atom stereocenters. The van der Waals surface area contributed by atoms with Gasteiger partial charge >= 0.3 is 0 Å². The number of hydrogen-bond acceptors (Lipinski definition) is 3. The van der Waals surface area contributed by atoms with Crippen LogP contribution in [0.4, 0.5) is 5.69 Å². The fourth-order valence-corrected chi connectivity index (χ4v) is 2.53. The number of nitrogens with two attached hydrogens (primary N) is 1. The van der Waals surface area contributed by atoms with Gasteiger partial charge in [0.05, 0.1) is 5.69 Å². The van der Waals surface area contributed by atoms with Crippen molar-refractivity contribution < 1.29 is 9.90 Å². The van der Waals surface area contributed by atoms with Gasteiger partial charge in [-0.3, -0.25) is 4.79 Å². The van der Waals surface area contributed by atoms with E-state index < -0.39 is 0 Å². The summed E-state index contributed by atoms with van der Waals surface area (Å²) in [6.45, 7) is 2.16. The number of nitrogens with one attached hydrogen (secondary N) is 1. The number of nitrogen functional groups attached to an aromatic ring is 1. The summed E-state index contributed by atoms with van der Waals surface area (Å²) in [7, 11) is 0. The molecule has 0 spiro atoms. The van der Waals surface area contributed by atoms with Crippen molar-refractivity contribution in [1.29, 1.82) is 0 Å². The molecule has 0 saturated heterocycles.